The van der Waals surface area contributed by atoms with Gasteiger partial charge in [-0.3, -0.25) is 29.0 Å². The van der Waals surface area contributed by atoms with Gasteiger partial charge in [-0.25, -0.2) is 0 Å². The number of carboxylic acid groups (broad SMARTS) is 1. The van der Waals surface area contributed by atoms with Gasteiger partial charge in [-0.1, -0.05) is 42.5 Å². The van der Waals surface area contributed by atoms with Crippen LogP contribution in [-0.2, 0) is 36.8 Å². The number of carbonyl (C=O) groups is 5. The molecule has 0 aromatic heterocycles. The number of nitrogens with one attached hydrogen (secondary N) is 4. The average Bonchev–Trinajstić information content (AvgIpc) is 2.99. The van der Waals surface area contributed by atoms with Crippen molar-refractivity contribution in [1.29, 1.82) is 0 Å². The summed E-state index contributed by atoms with van der Waals surface area (Å²) >= 11 is 0. The minimum atomic E-state index is -1.14. The maximum Gasteiger partial charge on any atom is 0.305 e. The Hall–Kier alpha value is -5.18. The Kier molecular flexibility index (Phi) is 14.8. The number of benzene rings is 2. The molecule has 0 aliphatic carbocycles. The van der Waals surface area contributed by atoms with Crippen LogP contribution in [0.25, 0.3) is 0 Å². The lowest BCUT2D eigenvalue weighted by atomic mass is 10.0. The van der Waals surface area contributed by atoms with Crippen LogP contribution in [0.5, 0.6) is 5.75 Å². The van der Waals surface area contributed by atoms with E-state index >= 15 is 0 Å². The zero-order valence-electron chi connectivity index (χ0n) is 25.1. The second kappa shape index (κ2) is 18.5. The summed E-state index contributed by atoms with van der Waals surface area (Å²) in [6.45, 7) is 1.57. The molecule has 0 fully saturated rings. The summed E-state index contributed by atoms with van der Waals surface area (Å²) < 4.78 is 0. The minimum absolute atomic E-state index is 0.0222. The monoisotopic (exact) mass is 626 g/mol. The van der Waals surface area contributed by atoms with Gasteiger partial charge in [0.1, 0.15) is 23.9 Å². The molecule has 0 aliphatic rings. The molecular formula is C30H42N8O7. The van der Waals surface area contributed by atoms with E-state index in [0.717, 1.165) is 5.56 Å². The summed E-state index contributed by atoms with van der Waals surface area (Å²) in [7, 11) is 0. The third-order valence-electron chi connectivity index (χ3n) is 6.62. The molecule has 0 radical (unpaired) electrons. The first-order valence-electron chi connectivity index (χ1n) is 14.4. The fourth-order valence-electron chi connectivity index (χ4n) is 4.16. The van der Waals surface area contributed by atoms with E-state index in [1.165, 1.54) is 19.1 Å². The molecule has 15 nitrogen and oxygen atoms in total. The summed E-state index contributed by atoms with van der Waals surface area (Å²) in [5.41, 5.74) is 18.0. The topological polar surface area (TPSA) is 264 Å². The predicted molar refractivity (Wildman–Crippen MR) is 167 cm³/mol. The van der Waals surface area contributed by atoms with Crippen molar-refractivity contribution in [2.45, 2.75) is 63.2 Å². The summed E-state index contributed by atoms with van der Waals surface area (Å²) in [6, 6.07) is 10.7. The van der Waals surface area contributed by atoms with Gasteiger partial charge >= 0.3 is 5.97 Å². The molecule has 12 N–H and O–H groups in total. The molecule has 0 spiro atoms. The number of aliphatic imine (C=N–C) groups is 1. The van der Waals surface area contributed by atoms with E-state index in [9.17, 15) is 29.1 Å². The Labute approximate surface area is 261 Å². The molecule has 4 atom stereocenters. The number of hydrogen-bond acceptors (Lipinski definition) is 8. The molecule has 15 heteroatoms. The Morgan fingerprint density at radius 1 is 0.800 bits per heavy atom. The quantitative estimate of drug-likeness (QED) is 0.0532. The second-order valence-electron chi connectivity index (χ2n) is 10.4. The highest BCUT2D eigenvalue weighted by molar-refractivity contribution is 5.94. The van der Waals surface area contributed by atoms with E-state index in [4.69, 9.17) is 22.3 Å². The van der Waals surface area contributed by atoms with Crippen molar-refractivity contribution in [1.82, 2.24) is 21.3 Å². The predicted octanol–water partition coefficient (Wildman–Crippen LogP) is -1.38. The van der Waals surface area contributed by atoms with Crippen molar-refractivity contribution in [2.24, 2.45) is 22.2 Å². The maximum atomic E-state index is 13.4. The summed E-state index contributed by atoms with van der Waals surface area (Å²) in [6.07, 6.45) is 0.513. The van der Waals surface area contributed by atoms with E-state index in [2.05, 4.69) is 26.3 Å². The standard InChI is InChI=1S/C30H42N8O7/c1-18(26(42)37-23(16-19-6-3-2-4-7-19)28(44)34-15-13-25(40)41)36-29(45)24(17-20-9-11-21(39)12-10-20)38-27(43)22(31)8-5-14-35-30(32)33/h2-4,6-7,9-12,18,22-24,39H,5,8,13-17,31H2,1H3,(H,34,44)(H,36,45)(H,37,42)(H,38,43)(H,40,41)(H4,32,33,35)/t18-,22+,23+,24+/m1/s1. The molecule has 0 saturated carbocycles. The van der Waals surface area contributed by atoms with E-state index in [1.807, 2.05) is 0 Å². The molecule has 2 aromatic carbocycles. The first-order chi connectivity index (χ1) is 21.3. The van der Waals surface area contributed by atoms with Crippen LogP contribution < -0.4 is 38.5 Å². The van der Waals surface area contributed by atoms with E-state index in [-0.39, 0.29) is 50.5 Å². The average molecular weight is 627 g/mol. The lowest BCUT2D eigenvalue weighted by Crippen LogP contribution is -2.57. The Morgan fingerprint density at radius 3 is 1.98 bits per heavy atom. The fraction of sp³-hybridized carbons (Fsp3) is 0.400. The number of rotatable bonds is 18. The number of carboxylic acids is 1. The van der Waals surface area contributed by atoms with Crippen LogP contribution in [0.15, 0.2) is 59.6 Å². The van der Waals surface area contributed by atoms with Gasteiger partial charge in [0.25, 0.3) is 0 Å². The van der Waals surface area contributed by atoms with Crippen molar-refractivity contribution in [2.75, 3.05) is 13.1 Å². The van der Waals surface area contributed by atoms with Gasteiger partial charge in [0.05, 0.1) is 12.5 Å². The number of amides is 4. The number of aliphatic carboxylic acids is 1. The van der Waals surface area contributed by atoms with Crippen LogP contribution in [0.1, 0.15) is 37.3 Å². The summed E-state index contributed by atoms with van der Waals surface area (Å²) in [5.74, 6) is -3.69. The number of nitrogens with two attached hydrogens (primary N) is 3. The Bertz CT molecular complexity index is 1320. The Morgan fingerprint density at radius 2 is 1.38 bits per heavy atom. The van der Waals surface area contributed by atoms with Crippen LogP contribution in [0.3, 0.4) is 0 Å². The largest absolute Gasteiger partial charge is 0.508 e. The summed E-state index contributed by atoms with van der Waals surface area (Å²) in [4.78, 5) is 66.9. The number of carbonyl (C=O) groups excluding carboxylic acids is 4. The van der Waals surface area contributed by atoms with E-state index < -0.39 is 53.8 Å². The third-order valence-corrected chi connectivity index (χ3v) is 6.62. The molecule has 0 aliphatic heterocycles. The van der Waals surface area contributed by atoms with Crippen molar-refractivity contribution >= 4 is 35.6 Å². The van der Waals surface area contributed by atoms with Gasteiger partial charge in [-0.05, 0) is 43.0 Å². The van der Waals surface area contributed by atoms with Crippen LogP contribution in [0.2, 0.25) is 0 Å². The molecule has 0 saturated heterocycles. The van der Waals surface area contributed by atoms with E-state index in [1.54, 1.807) is 42.5 Å². The number of phenols is 1. The van der Waals surface area contributed by atoms with Crippen LogP contribution in [-0.4, -0.2) is 83.0 Å². The smallest absolute Gasteiger partial charge is 0.305 e. The first-order valence-corrected chi connectivity index (χ1v) is 14.4. The van der Waals surface area contributed by atoms with Gasteiger partial charge in [-0.15, -0.1) is 0 Å². The zero-order valence-corrected chi connectivity index (χ0v) is 25.1. The number of guanidine groups is 1. The van der Waals surface area contributed by atoms with Crippen molar-refractivity contribution in [3.05, 3.63) is 65.7 Å². The van der Waals surface area contributed by atoms with Crippen molar-refractivity contribution in [3.63, 3.8) is 0 Å². The molecule has 4 amide bonds. The third kappa shape index (κ3) is 13.8. The minimum Gasteiger partial charge on any atom is -0.508 e. The molecule has 45 heavy (non-hydrogen) atoms. The van der Waals surface area contributed by atoms with Gasteiger partial charge < -0.3 is 48.7 Å². The lowest BCUT2D eigenvalue weighted by molar-refractivity contribution is -0.137. The summed E-state index contributed by atoms with van der Waals surface area (Å²) in [5, 5.41) is 28.8. The molecule has 0 bridgehead atoms. The molecular weight excluding hydrogens is 584 g/mol. The van der Waals surface area contributed by atoms with Crippen LogP contribution >= 0.6 is 0 Å². The molecule has 2 rings (SSSR count). The lowest BCUT2D eigenvalue weighted by Gasteiger charge is -2.24. The van der Waals surface area contributed by atoms with Crippen LogP contribution in [0.4, 0.5) is 0 Å². The van der Waals surface area contributed by atoms with Crippen molar-refractivity contribution < 1.29 is 34.2 Å². The van der Waals surface area contributed by atoms with Gasteiger partial charge in [0, 0.05) is 25.9 Å². The van der Waals surface area contributed by atoms with Crippen molar-refractivity contribution in [3.8, 4) is 5.75 Å². The molecule has 244 valence electrons. The number of nitrogens with zero attached hydrogens (tertiary/aromatic N) is 1. The highest BCUT2D eigenvalue weighted by Gasteiger charge is 2.29. The molecule has 0 unspecified atom stereocenters. The molecule has 0 heterocycles. The number of hydrogen-bond donors (Lipinski definition) is 9. The zero-order chi connectivity index (χ0) is 33.4. The van der Waals surface area contributed by atoms with Gasteiger partial charge in [0.2, 0.25) is 23.6 Å². The highest BCUT2D eigenvalue weighted by Crippen LogP contribution is 2.12. The van der Waals surface area contributed by atoms with Crippen LogP contribution in [0, 0.1) is 0 Å². The van der Waals surface area contributed by atoms with Gasteiger partial charge in [-0.2, -0.15) is 0 Å². The number of aromatic hydroxyl groups is 1. The highest BCUT2D eigenvalue weighted by atomic mass is 16.4. The maximum absolute atomic E-state index is 13.4. The normalized spacial score (nSPS) is 13.3. The van der Waals surface area contributed by atoms with E-state index in [0.29, 0.717) is 12.0 Å². The Balaban J connectivity index is 2.12. The number of phenolic OH excluding ortho intramolecular Hbond substituents is 1. The SMILES string of the molecule is C[C@@H](NC(=O)[C@H](Cc1ccc(O)cc1)NC(=O)[C@@H](N)CCCN=C(N)N)C(=O)N[C@@H](Cc1ccccc1)C(=O)NCCC(=O)O. The second-order valence-corrected chi connectivity index (χ2v) is 10.4. The van der Waals surface area contributed by atoms with Gasteiger partial charge in [0.15, 0.2) is 5.96 Å². The first kappa shape index (κ1) is 36.0. The fourth-order valence-corrected chi connectivity index (χ4v) is 4.16. The molecule has 2 aromatic rings.